The molecule has 4 rings (SSSR count). The lowest BCUT2D eigenvalue weighted by Crippen LogP contribution is -2.32. The molecule has 0 aliphatic carbocycles. The number of nitrogens with zero attached hydrogens (tertiary/aromatic N) is 2. The summed E-state index contributed by atoms with van der Waals surface area (Å²) in [4.78, 5) is 30.1. The highest BCUT2D eigenvalue weighted by molar-refractivity contribution is 6.30. The average Bonchev–Trinajstić information content (AvgIpc) is 3.23. The monoisotopic (exact) mass is 381 g/mol. The maximum absolute atomic E-state index is 12.6. The van der Waals surface area contributed by atoms with E-state index in [9.17, 15) is 9.59 Å². The van der Waals surface area contributed by atoms with Crippen molar-refractivity contribution in [3.8, 4) is 11.3 Å². The molecule has 1 N–H and O–H groups in total. The number of aromatic nitrogens is 1. The van der Waals surface area contributed by atoms with Crippen LogP contribution in [-0.2, 0) is 17.8 Å². The van der Waals surface area contributed by atoms with Crippen LogP contribution in [0.1, 0.15) is 11.5 Å². The van der Waals surface area contributed by atoms with E-state index < -0.39 is 12.1 Å². The van der Waals surface area contributed by atoms with Gasteiger partial charge in [-0.2, -0.15) is 0 Å². The molecule has 0 bridgehead atoms. The van der Waals surface area contributed by atoms with Crippen LogP contribution >= 0.6 is 11.6 Å². The maximum atomic E-state index is 12.6. The first-order valence-corrected chi connectivity index (χ1v) is 8.84. The van der Waals surface area contributed by atoms with Crippen molar-refractivity contribution in [1.29, 1.82) is 0 Å². The number of halogens is 1. The molecule has 1 aliphatic rings. The van der Waals surface area contributed by atoms with E-state index in [4.69, 9.17) is 16.0 Å². The molecule has 2 heterocycles. The third-order valence-electron chi connectivity index (χ3n) is 4.35. The lowest BCUT2D eigenvalue weighted by atomic mass is 10.1. The molecule has 1 aromatic heterocycles. The zero-order valence-corrected chi connectivity index (χ0v) is 15.0. The van der Waals surface area contributed by atoms with Crippen molar-refractivity contribution >= 4 is 23.5 Å². The molecule has 1 atom stereocenters. The van der Waals surface area contributed by atoms with E-state index in [0.717, 1.165) is 16.0 Å². The van der Waals surface area contributed by atoms with Gasteiger partial charge in [0.25, 0.3) is 5.91 Å². The van der Waals surface area contributed by atoms with Crippen LogP contribution in [0.2, 0.25) is 5.02 Å². The van der Waals surface area contributed by atoms with Crippen LogP contribution in [0.3, 0.4) is 0 Å². The minimum Gasteiger partial charge on any atom is -0.439 e. The lowest BCUT2D eigenvalue weighted by Gasteiger charge is -2.10. The van der Waals surface area contributed by atoms with Gasteiger partial charge in [0, 0.05) is 17.0 Å². The number of benzene rings is 2. The molecule has 0 unspecified atom stereocenters. The quantitative estimate of drug-likeness (QED) is 0.684. The van der Waals surface area contributed by atoms with Gasteiger partial charge in [0.15, 0.2) is 5.76 Å². The van der Waals surface area contributed by atoms with Gasteiger partial charge in [-0.15, -0.1) is 0 Å². The van der Waals surface area contributed by atoms with Crippen LogP contribution in [0, 0.1) is 0 Å². The summed E-state index contributed by atoms with van der Waals surface area (Å²) in [6.07, 6.45) is 2.00. The number of imide groups is 1. The molecule has 1 saturated heterocycles. The van der Waals surface area contributed by atoms with Crippen molar-refractivity contribution < 1.29 is 14.0 Å². The zero-order valence-electron chi connectivity index (χ0n) is 14.3. The summed E-state index contributed by atoms with van der Waals surface area (Å²) in [6.45, 7) is -0.0173. The highest BCUT2D eigenvalue weighted by Gasteiger charge is 2.38. The molecule has 3 aromatic rings. The normalized spacial score (nSPS) is 16.6. The van der Waals surface area contributed by atoms with E-state index >= 15 is 0 Å². The minimum atomic E-state index is -0.581. The predicted octanol–water partition coefficient (Wildman–Crippen LogP) is 3.66. The smallest absolute Gasteiger partial charge is 0.325 e. The minimum absolute atomic E-state index is 0.0173. The molecule has 0 radical (unpaired) electrons. The van der Waals surface area contributed by atoms with Gasteiger partial charge >= 0.3 is 6.03 Å². The fourth-order valence-corrected chi connectivity index (χ4v) is 3.20. The Hall–Kier alpha value is -3.12. The number of amides is 3. The molecule has 1 fully saturated rings. The summed E-state index contributed by atoms with van der Waals surface area (Å²) in [6, 6.07) is 15.7. The Kier molecular flexibility index (Phi) is 4.64. The number of nitrogens with one attached hydrogen (secondary N) is 1. The highest BCUT2D eigenvalue weighted by atomic mass is 35.5. The number of carbonyl (C=O) groups excluding carboxylic acids is 2. The fourth-order valence-electron chi connectivity index (χ4n) is 3.01. The summed E-state index contributed by atoms with van der Waals surface area (Å²) in [5.41, 5.74) is 1.76. The van der Waals surface area contributed by atoms with Crippen LogP contribution in [0.4, 0.5) is 4.79 Å². The molecular weight excluding hydrogens is 366 g/mol. The first-order valence-electron chi connectivity index (χ1n) is 8.46. The second-order valence-corrected chi connectivity index (χ2v) is 6.68. The topological polar surface area (TPSA) is 75.4 Å². The van der Waals surface area contributed by atoms with Gasteiger partial charge in [-0.1, -0.05) is 54.1 Å². The SMILES string of the molecule is O=C1N[C@@H](Cc2ccccc2)C(=O)N1Cc1ncc(-c2cccc(Cl)c2)o1. The average molecular weight is 382 g/mol. The standard InChI is InChI=1S/C20H16ClN3O3/c21-15-8-4-7-14(10-15)17-11-22-18(27-17)12-24-19(25)16(23-20(24)26)9-13-5-2-1-3-6-13/h1-8,10-11,16H,9,12H2,(H,23,26)/t16-/m0/s1. The summed E-state index contributed by atoms with van der Waals surface area (Å²) in [7, 11) is 0. The predicted molar refractivity (Wildman–Crippen MR) is 100.0 cm³/mol. The van der Waals surface area contributed by atoms with E-state index in [0.29, 0.717) is 17.2 Å². The van der Waals surface area contributed by atoms with Gasteiger partial charge in [-0.3, -0.25) is 9.69 Å². The molecular formula is C20H16ClN3O3. The van der Waals surface area contributed by atoms with E-state index in [2.05, 4.69) is 10.3 Å². The fraction of sp³-hybridized carbons (Fsp3) is 0.150. The Labute approximate surface area is 160 Å². The largest absolute Gasteiger partial charge is 0.439 e. The van der Waals surface area contributed by atoms with Crippen molar-refractivity contribution in [2.24, 2.45) is 0 Å². The second kappa shape index (κ2) is 7.25. The Balaban J connectivity index is 1.46. The van der Waals surface area contributed by atoms with Crippen molar-refractivity contribution in [2.75, 3.05) is 0 Å². The van der Waals surface area contributed by atoms with Crippen LogP contribution in [0.5, 0.6) is 0 Å². The van der Waals surface area contributed by atoms with E-state index in [-0.39, 0.29) is 18.3 Å². The molecule has 0 spiro atoms. The van der Waals surface area contributed by atoms with Crippen LogP contribution in [0.15, 0.2) is 65.2 Å². The van der Waals surface area contributed by atoms with Crippen molar-refractivity contribution in [1.82, 2.24) is 15.2 Å². The van der Waals surface area contributed by atoms with Gasteiger partial charge in [0.05, 0.1) is 6.20 Å². The summed E-state index contributed by atoms with van der Waals surface area (Å²) >= 11 is 5.99. The third-order valence-corrected chi connectivity index (χ3v) is 4.58. The first-order chi connectivity index (χ1) is 13.1. The second-order valence-electron chi connectivity index (χ2n) is 6.24. The Morgan fingerprint density at radius 3 is 2.70 bits per heavy atom. The Morgan fingerprint density at radius 1 is 1.11 bits per heavy atom. The molecule has 6 nitrogen and oxygen atoms in total. The first kappa shape index (κ1) is 17.3. The number of oxazole rings is 1. The molecule has 27 heavy (non-hydrogen) atoms. The summed E-state index contributed by atoms with van der Waals surface area (Å²) < 4.78 is 5.69. The number of rotatable bonds is 5. The van der Waals surface area contributed by atoms with Crippen molar-refractivity contribution in [2.45, 2.75) is 19.0 Å². The maximum Gasteiger partial charge on any atom is 0.325 e. The molecule has 0 saturated carbocycles. The number of urea groups is 1. The van der Waals surface area contributed by atoms with E-state index in [1.54, 1.807) is 18.3 Å². The Bertz CT molecular complexity index is 987. The molecule has 1 aliphatic heterocycles. The van der Waals surface area contributed by atoms with E-state index in [1.165, 1.54) is 0 Å². The molecule has 7 heteroatoms. The summed E-state index contributed by atoms with van der Waals surface area (Å²) in [5, 5.41) is 3.31. The van der Waals surface area contributed by atoms with E-state index in [1.807, 2.05) is 42.5 Å². The molecule has 136 valence electrons. The number of hydrogen-bond donors (Lipinski definition) is 1. The number of carbonyl (C=O) groups is 2. The zero-order chi connectivity index (χ0) is 18.8. The van der Waals surface area contributed by atoms with Gasteiger partial charge in [0.1, 0.15) is 12.6 Å². The van der Waals surface area contributed by atoms with Crippen molar-refractivity contribution in [3.05, 3.63) is 77.3 Å². The number of hydrogen-bond acceptors (Lipinski definition) is 4. The molecule has 3 amide bonds. The van der Waals surface area contributed by atoms with Gasteiger partial charge < -0.3 is 9.73 Å². The molecule has 2 aromatic carbocycles. The Morgan fingerprint density at radius 2 is 1.93 bits per heavy atom. The van der Waals surface area contributed by atoms with Crippen LogP contribution < -0.4 is 5.32 Å². The van der Waals surface area contributed by atoms with Crippen LogP contribution in [0.25, 0.3) is 11.3 Å². The third kappa shape index (κ3) is 3.71. The summed E-state index contributed by atoms with van der Waals surface area (Å²) in [5.74, 6) is 0.528. The van der Waals surface area contributed by atoms with Gasteiger partial charge in [-0.25, -0.2) is 9.78 Å². The highest BCUT2D eigenvalue weighted by Crippen LogP contribution is 2.24. The van der Waals surface area contributed by atoms with Crippen LogP contribution in [-0.4, -0.2) is 27.9 Å². The van der Waals surface area contributed by atoms with Gasteiger partial charge in [0.2, 0.25) is 5.89 Å². The van der Waals surface area contributed by atoms with Crippen molar-refractivity contribution in [3.63, 3.8) is 0 Å². The van der Waals surface area contributed by atoms with Gasteiger partial charge in [-0.05, 0) is 17.7 Å². The lowest BCUT2D eigenvalue weighted by molar-refractivity contribution is -0.128.